The van der Waals surface area contributed by atoms with Crippen LogP contribution in [0.25, 0.3) is 10.2 Å². The van der Waals surface area contributed by atoms with Crippen LogP contribution >= 0.6 is 11.3 Å². The average Bonchev–Trinajstić information content (AvgIpc) is 3.35. The summed E-state index contributed by atoms with van der Waals surface area (Å²) in [6.07, 6.45) is 4.38. The number of likely N-dealkylation sites (tertiary alicyclic amines) is 1. The van der Waals surface area contributed by atoms with Gasteiger partial charge in [-0.15, -0.1) is 11.3 Å². The standard InChI is InChI=1S/C22H29N5OS/c1-16-10-27(19-4-3-17(9-23)20-21(19)29-15-25-20)12-18(28-16)11-26-8-6-22(14-26)5-2-7-24-13-22/h3-4,15-16,18,24H,2,5-8,10-14H2,1H3. The van der Waals surface area contributed by atoms with Gasteiger partial charge in [0.25, 0.3) is 0 Å². The minimum absolute atomic E-state index is 0.195. The van der Waals surface area contributed by atoms with Gasteiger partial charge in [-0.2, -0.15) is 5.26 Å². The molecule has 29 heavy (non-hydrogen) atoms. The smallest absolute Gasteiger partial charge is 0.101 e. The Kier molecular flexibility index (Phi) is 5.21. The maximum Gasteiger partial charge on any atom is 0.101 e. The topological polar surface area (TPSA) is 64.4 Å². The Hall–Kier alpha value is -1.72. The number of anilines is 1. The quantitative estimate of drug-likeness (QED) is 0.838. The van der Waals surface area contributed by atoms with E-state index in [9.17, 15) is 5.26 Å². The summed E-state index contributed by atoms with van der Waals surface area (Å²) in [5.41, 5.74) is 5.01. The van der Waals surface area contributed by atoms with Crippen LogP contribution in [-0.4, -0.2) is 67.9 Å². The number of fused-ring (bicyclic) bond motifs is 1. The van der Waals surface area contributed by atoms with Crippen molar-refractivity contribution < 1.29 is 4.74 Å². The van der Waals surface area contributed by atoms with Crippen molar-refractivity contribution in [3.8, 4) is 6.07 Å². The molecule has 3 unspecified atom stereocenters. The van der Waals surface area contributed by atoms with Gasteiger partial charge in [-0.1, -0.05) is 0 Å². The second kappa shape index (κ2) is 7.84. The van der Waals surface area contributed by atoms with Gasteiger partial charge in [-0.3, -0.25) is 0 Å². The van der Waals surface area contributed by atoms with E-state index in [0.717, 1.165) is 29.9 Å². The number of rotatable bonds is 3. The van der Waals surface area contributed by atoms with E-state index in [0.29, 0.717) is 11.0 Å². The first-order valence-electron chi connectivity index (χ1n) is 10.8. The zero-order valence-electron chi connectivity index (χ0n) is 17.1. The summed E-state index contributed by atoms with van der Waals surface area (Å²) in [6, 6.07) is 6.27. The lowest BCUT2D eigenvalue weighted by molar-refractivity contribution is -0.0308. The first-order chi connectivity index (χ1) is 14.2. The molecule has 6 nitrogen and oxygen atoms in total. The fraction of sp³-hybridized carbons (Fsp3) is 0.636. The normalized spacial score (nSPS) is 30.8. The molecule has 1 aromatic heterocycles. The van der Waals surface area contributed by atoms with Gasteiger partial charge in [0.05, 0.1) is 33.7 Å². The van der Waals surface area contributed by atoms with E-state index in [2.05, 4.69) is 39.2 Å². The van der Waals surface area contributed by atoms with Crippen molar-refractivity contribution >= 4 is 27.2 Å². The maximum absolute atomic E-state index is 9.37. The third-order valence-electron chi connectivity index (χ3n) is 6.79. The molecule has 3 aliphatic rings. The molecule has 3 fully saturated rings. The lowest BCUT2D eigenvalue weighted by atomic mass is 9.80. The van der Waals surface area contributed by atoms with Crippen LogP contribution in [0, 0.1) is 16.7 Å². The van der Waals surface area contributed by atoms with E-state index in [-0.39, 0.29) is 12.2 Å². The molecule has 1 spiro atoms. The number of morpholine rings is 1. The van der Waals surface area contributed by atoms with Crippen molar-refractivity contribution in [2.45, 2.75) is 38.4 Å². The number of thiazole rings is 1. The Morgan fingerprint density at radius 2 is 2.31 bits per heavy atom. The summed E-state index contributed by atoms with van der Waals surface area (Å²) in [4.78, 5) is 9.50. The third kappa shape index (κ3) is 3.75. The first-order valence-corrected chi connectivity index (χ1v) is 11.6. The van der Waals surface area contributed by atoms with Crippen LogP contribution in [-0.2, 0) is 4.74 Å². The summed E-state index contributed by atoms with van der Waals surface area (Å²) in [6.45, 7) is 9.68. The Balaban J connectivity index is 1.30. The van der Waals surface area contributed by atoms with Gasteiger partial charge in [-0.05, 0) is 56.8 Å². The van der Waals surface area contributed by atoms with Crippen LogP contribution in [0.3, 0.4) is 0 Å². The SMILES string of the molecule is CC1CN(c2ccc(C#N)c3ncsc23)CC(CN2CCC3(CCCNC3)C2)O1. The zero-order valence-corrected chi connectivity index (χ0v) is 17.9. The van der Waals surface area contributed by atoms with Crippen LogP contribution in [0.5, 0.6) is 0 Å². The number of hydrogen-bond acceptors (Lipinski definition) is 7. The van der Waals surface area contributed by atoms with Crippen LogP contribution in [0.1, 0.15) is 31.7 Å². The molecule has 3 saturated heterocycles. The molecule has 3 aliphatic heterocycles. The Labute approximate surface area is 176 Å². The molecule has 1 aromatic carbocycles. The van der Waals surface area contributed by atoms with Crippen molar-refractivity contribution in [1.29, 1.82) is 5.26 Å². The number of hydrogen-bond donors (Lipinski definition) is 1. The van der Waals surface area contributed by atoms with Crippen LogP contribution < -0.4 is 10.2 Å². The Bertz CT molecular complexity index is 916. The summed E-state index contributed by atoms with van der Waals surface area (Å²) in [5.74, 6) is 0. The van der Waals surface area contributed by atoms with Gasteiger partial charge in [0.15, 0.2) is 0 Å². The minimum Gasteiger partial charge on any atom is -0.370 e. The zero-order chi connectivity index (χ0) is 19.8. The second-order valence-corrected chi connectivity index (χ2v) is 9.87. The number of piperidine rings is 1. The van der Waals surface area contributed by atoms with Crippen molar-refractivity contribution in [3.05, 3.63) is 23.2 Å². The van der Waals surface area contributed by atoms with E-state index in [1.54, 1.807) is 11.3 Å². The Morgan fingerprint density at radius 3 is 3.14 bits per heavy atom. The predicted octanol–water partition coefficient (Wildman–Crippen LogP) is 2.84. The lowest BCUT2D eigenvalue weighted by Crippen LogP contribution is -2.51. The van der Waals surface area contributed by atoms with E-state index in [1.807, 2.05) is 11.6 Å². The molecule has 154 valence electrons. The molecule has 0 radical (unpaired) electrons. The summed E-state index contributed by atoms with van der Waals surface area (Å²) >= 11 is 1.63. The van der Waals surface area contributed by atoms with Crippen molar-refractivity contribution in [3.63, 3.8) is 0 Å². The summed E-state index contributed by atoms with van der Waals surface area (Å²) in [5, 5.41) is 13.0. The van der Waals surface area contributed by atoms with E-state index >= 15 is 0 Å². The van der Waals surface area contributed by atoms with E-state index in [4.69, 9.17) is 4.74 Å². The summed E-state index contributed by atoms with van der Waals surface area (Å²) < 4.78 is 7.47. The lowest BCUT2D eigenvalue weighted by Gasteiger charge is -2.40. The molecule has 5 rings (SSSR count). The van der Waals surface area contributed by atoms with Crippen LogP contribution in [0.15, 0.2) is 17.6 Å². The molecule has 0 amide bonds. The average molecular weight is 412 g/mol. The van der Waals surface area contributed by atoms with Gasteiger partial charge in [0, 0.05) is 32.7 Å². The number of nitriles is 1. The first kappa shape index (κ1) is 19.3. The van der Waals surface area contributed by atoms with E-state index < -0.39 is 0 Å². The monoisotopic (exact) mass is 411 g/mol. The van der Waals surface area contributed by atoms with Crippen LogP contribution in [0.2, 0.25) is 0 Å². The molecule has 2 aromatic rings. The van der Waals surface area contributed by atoms with Crippen molar-refractivity contribution in [1.82, 2.24) is 15.2 Å². The number of aromatic nitrogens is 1. The molecule has 4 heterocycles. The van der Waals surface area contributed by atoms with Gasteiger partial charge in [0.1, 0.15) is 11.6 Å². The molecule has 3 atom stereocenters. The van der Waals surface area contributed by atoms with Crippen molar-refractivity contribution in [2.24, 2.45) is 5.41 Å². The third-order valence-corrected chi connectivity index (χ3v) is 7.64. The largest absolute Gasteiger partial charge is 0.370 e. The molecular weight excluding hydrogens is 382 g/mol. The summed E-state index contributed by atoms with van der Waals surface area (Å²) in [7, 11) is 0. The fourth-order valence-electron chi connectivity index (χ4n) is 5.47. The number of ether oxygens (including phenoxy) is 1. The van der Waals surface area contributed by atoms with Crippen LogP contribution in [0.4, 0.5) is 5.69 Å². The fourth-order valence-corrected chi connectivity index (χ4v) is 6.32. The minimum atomic E-state index is 0.195. The number of nitrogens with one attached hydrogen (secondary N) is 1. The molecule has 0 bridgehead atoms. The highest BCUT2D eigenvalue weighted by molar-refractivity contribution is 7.17. The van der Waals surface area contributed by atoms with Gasteiger partial charge in [-0.25, -0.2) is 4.98 Å². The highest BCUT2D eigenvalue weighted by atomic mass is 32.1. The number of nitrogens with zero attached hydrogens (tertiary/aromatic N) is 4. The van der Waals surface area contributed by atoms with Crippen molar-refractivity contribution in [2.75, 3.05) is 50.7 Å². The van der Waals surface area contributed by atoms with Gasteiger partial charge < -0.3 is 19.9 Å². The van der Waals surface area contributed by atoms with E-state index in [1.165, 1.54) is 51.1 Å². The molecule has 7 heteroatoms. The van der Waals surface area contributed by atoms with Gasteiger partial charge in [0.2, 0.25) is 0 Å². The maximum atomic E-state index is 9.37. The predicted molar refractivity (Wildman–Crippen MR) is 116 cm³/mol. The highest BCUT2D eigenvalue weighted by Gasteiger charge is 2.40. The second-order valence-electron chi connectivity index (χ2n) is 9.01. The molecule has 0 aliphatic carbocycles. The molecular formula is C22H29N5OS. The highest BCUT2D eigenvalue weighted by Crippen LogP contribution is 2.37. The van der Waals surface area contributed by atoms with Gasteiger partial charge >= 0.3 is 0 Å². The number of benzene rings is 1. The molecule has 0 saturated carbocycles. The molecule has 1 N–H and O–H groups in total. The Morgan fingerprint density at radius 1 is 1.38 bits per heavy atom.